The van der Waals surface area contributed by atoms with Crippen molar-refractivity contribution in [2.45, 2.75) is 37.2 Å². The highest BCUT2D eigenvalue weighted by molar-refractivity contribution is 8.00. The Hall–Kier alpha value is -2.68. The van der Waals surface area contributed by atoms with Crippen LogP contribution in [0.25, 0.3) is 11.4 Å². The van der Waals surface area contributed by atoms with Crippen molar-refractivity contribution < 1.29 is 9.18 Å². The number of aromatic nitrogens is 5. The van der Waals surface area contributed by atoms with Gasteiger partial charge in [0.15, 0.2) is 11.0 Å². The van der Waals surface area contributed by atoms with Crippen molar-refractivity contribution in [2.24, 2.45) is 7.05 Å². The lowest BCUT2D eigenvalue weighted by Crippen LogP contribution is -2.25. The maximum Gasteiger partial charge on any atom is 0.238 e. The topological polar surface area (TPSA) is 77.6 Å². The lowest BCUT2D eigenvalue weighted by Gasteiger charge is -2.14. The quantitative estimate of drug-likeness (QED) is 0.654. The van der Waals surface area contributed by atoms with Crippen molar-refractivity contribution in [3.05, 3.63) is 42.3 Å². The normalized spacial score (nSPS) is 12.4. The molecule has 0 fully saturated rings. The van der Waals surface area contributed by atoms with Crippen LogP contribution in [0.1, 0.15) is 26.8 Å². The minimum absolute atomic E-state index is 0.139. The van der Waals surface area contributed by atoms with Gasteiger partial charge in [-0.15, -0.1) is 10.2 Å². The predicted molar refractivity (Wildman–Crippen MR) is 103 cm³/mol. The van der Waals surface area contributed by atoms with E-state index in [1.54, 1.807) is 53.7 Å². The van der Waals surface area contributed by atoms with E-state index in [9.17, 15) is 9.18 Å². The van der Waals surface area contributed by atoms with E-state index in [4.69, 9.17) is 0 Å². The summed E-state index contributed by atoms with van der Waals surface area (Å²) in [4.78, 5) is 12.5. The summed E-state index contributed by atoms with van der Waals surface area (Å²) < 4.78 is 17.4. The van der Waals surface area contributed by atoms with Crippen LogP contribution in [0.3, 0.4) is 0 Å². The van der Waals surface area contributed by atoms with Crippen LogP contribution in [0.4, 0.5) is 10.2 Å². The molecule has 0 saturated carbocycles. The first kappa shape index (κ1) is 19.1. The molecule has 0 saturated heterocycles. The number of amides is 1. The summed E-state index contributed by atoms with van der Waals surface area (Å²) in [5, 5.41) is 15.4. The average molecular weight is 388 g/mol. The van der Waals surface area contributed by atoms with E-state index in [0.29, 0.717) is 22.4 Å². The van der Waals surface area contributed by atoms with Crippen molar-refractivity contribution in [3.63, 3.8) is 0 Å². The van der Waals surface area contributed by atoms with Gasteiger partial charge in [-0.2, -0.15) is 5.10 Å². The number of thioether (sulfide) groups is 1. The van der Waals surface area contributed by atoms with Crippen LogP contribution >= 0.6 is 11.8 Å². The van der Waals surface area contributed by atoms with E-state index in [0.717, 1.165) is 0 Å². The predicted octanol–water partition coefficient (Wildman–Crippen LogP) is 3.52. The fourth-order valence-corrected chi connectivity index (χ4v) is 3.37. The zero-order valence-electron chi connectivity index (χ0n) is 15.5. The molecule has 3 rings (SSSR count). The average Bonchev–Trinajstić information content (AvgIpc) is 3.23. The van der Waals surface area contributed by atoms with Gasteiger partial charge in [0.05, 0.1) is 17.0 Å². The molecule has 2 heterocycles. The zero-order valence-corrected chi connectivity index (χ0v) is 16.4. The van der Waals surface area contributed by atoms with Crippen LogP contribution in [0.2, 0.25) is 0 Å². The van der Waals surface area contributed by atoms with E-state index >= 15 is 0 Å². The molecular formula is C18H21FN6OS. The number of hydrogen-bond donors (Lipinski definition) is 1. The number of rotatable bonds is 6. The van der Waals surface area contributed by atoms with Gasteiger partial charge in [0.2, 0.25) is 5.91 Å². The molecule has 0 spiro atoms. The van der Waals surface area contributed by atoms with Crippen LogP contribution in [-0.4, -0.2) is 35.7 Å². The number of anilines is 1. The highest BCUT2D eigenvalue weighted by atomic mass is 32.2. The van der Waals surface area contributed by atoms with Gasteiger partial charge >= 0.3 is 0 Å². The zero-order chi connectivity index (χ0) is 19.6. The number of nitrogens with zero attached hydrogens (tertiary/aromatic N) is 5. The summed E-state index contributed by atoms with van der Waals surface area (Å²) in [7, 11) is 1.75. The molecule has 0 unspecified atom stereocenters. The smallest absolute Gasteiger partial charge is 0.238 e. The first-order valence-electron chi connectivity index (χ1n) is 8.53. The molecule has 1 atom stereocenters. The second kappa shape index (κ2) is 7.91. The summed E-state index contributed by atoms with van der Waals surface area (Å²) in [5.41, 5.74) is 0.372. The van der Waals surface area contributed by atoms with Crippen LogP contribution in [0.15, 0.2) is 41.7 Å². The van der Waals surface area contributed by atoms with Gasteiger partial charge in [0.1, 0.15) is 11.6 Å². The van der Waals surface area contributed by atoms with Gasteiger partial charge in [0, 0.05) is 19.2 Å². The molecule has 9 heteroatoms. The summed E-state index contributed by atoms with van der Waals surface area (Å²) >= 11 is 1.26. The minimum Gasteiger partial charge on any atom is -0.310 e. The summed E-state index contributed by atoms with van der Waals surface area (Å²) in [6.45, 7) is 5.77. The highest BCUT2D eigenvalue weighted by Crippen LogP contribution is 2.27. The van der Waals surface area contributed by atoms with Gasteiger partial charge < -0.3 is 9.88 Å². The Balaban J connectivity index is 1.73. The molecule has 0 aliphatic rings. The maximum atomic E-state index is 14.0. The highest BCUT2D eigenvalue weighted by Gasteiger charge is 2.21. The monoisotopic (exact) mass is 388 g/mol. The third kappa shape index (κ3) is 4.02. The molecule has 27 heavy (non-hydrogen) atoms. The van der Waals surface area contributed by atoms with E-state index in [1.165, 1.54) is 17.8 Å². The van der Waals surface area contributed by atoms with Gasteiger partial charge in [-0.25, -0.2) is 9.07 Å². The molecule has 2 aromatic heterocycles. The molecule has 0 bridgehead atoms. The van der Waals surface area contributed by atoms with E-state index in [-0.39, 0.29) is 17.8 Å². The standard InChI is InChI=1S/C18H21FN6OS/c1-11(2)25-15(9-10-20-25)21-17(26)12(3)27-18-23-22-16(24(18)4)13-7-5-6-8-14(13)19/h5-12H,1-4H3,(H,21,26)/t12-/m1/s1. The second-order valence-electron chi connectivity index (χ2n) is 6.35. The Labute approximate surface area is 161 Å². The lowest BCUT2D eigenvalue weighted by atomic mass is 10.2. The molecular weight excluding hydrogens is 367 g/mol. The third-order valence-electron chi connectivity index (χ3n) is 4.01. The van der Waals surface area contributed by atoms with E-state index < -0.39 is 5.25 Å². The fraction of sp³-hybridized carbons (Fsp3) is 0.333. The van der Waals surface area contributed by atoms with E-state index in [1.807, 2.05) is 13.8 Å². The Morgan fingerprint density at radius 3 is 2.63 bits per heavy atom. The molecule has 1 aromatic carbocycles. The molecule has 7 nitrogen and oxygen atoms in total. The Morgan fingerprint density at radius 2 is 1.93 bits per heavy atom. The number of hydrogen-bond acceptors (Lipinski definition) is 5. The first-order valence-corrected chi connectivity index (χ1v) is 9.41. The van der Waals surface area contributed by atoms with Crippen molar-refractivity contribution in [2.75, 3.05) is 5.32 Å². The van der Waals surface area contributed by atoms with Gasteiger partial charge in [-0.05, 0) is 32.9 Å². The molecule has 0 aliphatic carbocycles. The van der Waals surface area contributed by atoms with Crippen LogP contribution in [0.5, 0.6) is 0 Å². The molecule has 1 amide bonds. The SMILES string of the molecule is CC(C)n1nccc1NC(=O)[C@@H](C)Sc1nnc(-c2ccccc2F)n1C. The fourth-order valence-electron chi connectivity index (χ4n) is 2.56. The summed E-state index contributed by atoms with van der Waals surface area (Å²) in [6.07, 6.45) is 1.65. The number of carbonyl (C=O) groups is 1. The van der Waals surface area contributed by atoms with E-state index in [2.05, 4.69) is 20.6 Å². The number of halogens is 1. The molecule has 0 aliphatic heterocycles. The number of carbonyl (C=O) groups excluding carboxylic acids is 1. The Bertz CT molecular complexity index is 951. The van der Waals surface area contributed by atoms with Crippen LogP contribution in [-0.2, 0) is 11.8 Å². The maximum absolute atomic E-state index is 14.0. The van der Waals surface area contributed by atoms with Crippen molar-refractivity contribution in [1.29, 1.82) is 0 Å². The van der Waals surface area contributed by atoms with Crippen molar-refractivity contribution >= 4 is 23.5 Å². The molecule has 3 aromatic rings. The van der Waals surface area contributed by atoms with Crippen LogP contribution < -0.4 is 5.32 Å². The Kier molecular flexibility index (Phi) is 5.59. The first-order chi connectivity index (χ1) is 12.9. The number of nitrogens with one attached hydrogen (secondary N) is 1. The van der Waals surface area contributed by atoms with Crippen LogP contribution in [0, 0.1) is 5.82 Å². The van der Waals surface area contributed by atoms with Crippen molar-refractivity contribution in [1.82, 2.24) is 24.5 Å². The molecule has 142 valence electrons. The lowest BCUT2D eigenvalue weighted by molar-refractivity contribution is -0.115. The molecule has 1 N–H and O–H groups in total. The minimum atomic E-state index is -0.420. The van der Waals surface area contributed by atoms with Gasteiger partial charge in [0.25, 0.3) is 0 Å². The largest absolute Gasteiger partial charge is 0.310 e. The summed E-state index contributed by atoms with van der Waals surface area (Å²) in [5.74, 6) is 0.531. The molecule has 0 radical (unpaired) electrons. The van der Waals surface area contributed by atoms with Gasteiger partial charge in [-0.3, -0.25) is 4.79 Å². The third-order valence-corrected chi connectivity index (χ3v) is 5.15. The summed E-state index contributed by atoms with van der Waals surface area (Å²) in [6, 6.07) is 8.29. The number of benzene rings is 1. The van der Waals surface area contributed by atoms with Crippen molar-refractivity contribution in [3.8, 4) is 11.4 Å². The van der Waals surface area contributed by atoms with Gasteiger partial charge in [-0.1, -0.05) is 23.9 Å². The Morgan fingerprint density at radius 1 is 1.19 bits per heavy atom. The second-order valence-corrected chi connectivity index (χ2v) is 7.66.